The Balaban J connectivity index is 2.66. The van der Waals surface area contributed by atoms with Crippen LogP contribution in [0.25, 0.3) is 0 Å². The number of carboxylic acid groups (broad SMARTS) is 2. The van der Waals surface area contributed by atoms with E-state index in [0.717, 1.165) is 5.56 Å². The average molecular weight is 465 g/mol. The zero-order valence-electron chi connectivity index (χ0n) is 17.7. The van der Waals surface area contributed by atoms with Crippen LogP contribution in [0.2, 0.25) is 0 Å². The van der Waals surface area contributed by atoms with Gasteiger partial charge in [0.05, 0.1) is 19.0 Å². The highest BCUT2D eigenvalue weighted by atomic mass is 16.4. The van der Waals surface area contributed by atoms with E-state index >= 15 is 0 Å². The Morgan fingerprint density at radius 2 is 1.55 bits per heavy atom. The minimum absolute atomic E-state index is 0.174. The van der Waals surface area contributed by atoms with Crippen LogP contribution in [0.1, 0.15) is 24.8 Å². The van der Waals surface area contributed by atoms with Gasteiger partial charge < -0.3 is 37.6 Å². The molecule has 0 aromatic heterocycles. The largest absolute Gasteiger partial charge is 0.481 e. The number of nitrogens with one attached hydrogen (secondary N) is 3. The van der Waals surface area contributed by atoms with Crippen molar-refractivity contribution in [3.63, 3.8) is 0 Å². The van der Waals surface area contributed by atoms with E-state index in [1.54, 1.807) is 30.3 Å². The molecule has 0 spiro atoms. The molecule has 0 saturated carbocycles. The van der Waals surface area contributed by atoms with Gasteiger partial charge in [-0.2, -0.15) is 0 Å². The molecular weight excluding hydrogens is 438 g/mol. The molecule has 4 amide bonds. The number of nitrogens with two attached hydrogens (primary N) is 2. The van der Waals surface area contributed by atoms with Crippen LogP contribution in [-0.2, 0) is 35.2 Å². The number of hydrogen-bond acceptors (Lipinski definition) is 7. The predicted octanol–water partition coefficient (Wildman–Crippen LogP) is -2.53. The highest BCUT2D eigenvalue weighted by molar-refractivity contribution is 5.95. The van der Waals surface area contributed by atoms with Crippen molar-refractivity contribution in [2.75, 3.05) is 6.54 Å². The van der Waals surface area contributed by atoms with Gasteiger partial charge in [0.25, 0.3) is 0 Å². The molecule has 1 aromatic carbocycles. The number of carboxylic acids is 2. The van der Waals surface area contributed by atoms with E-state index in [-0.39, 0.29) is 12.8 Å². The van der Waals surface area contributed by atoms with E-state index in [2.05, 4.69) is 16.0 Å². The van der Waals surface area contributed by atoms with Crippen molar-refractivity contribution in [3.8, 4) is 0 Å². The molecule has 0 saturated heterocycles. The number of hydrogen-bond donors (Lipinski definition) is 7. The number of benzene rings is 1. The first-order valence-electron chi connectivity index (χ1n) is 9.89. The van der Waals surface area contributed by atoms with Crippen LogP contribution in [-0.4, -0.2) is 70.5 Å². The molecule has 1 aromatic rings. The molecule has 0 bridgehead atoms. The summed E-state index contributed by atoms with van der Waals surface area (Å²) in [6, 6.07) is 4.96. The van der Waals surface area contributed by atoms with E-state index in [1.165, 1.54) is 0 Å². The highest BCUT2D eigenvalue weighted by Gasteiger charge is 2.27. The molecule has 0 aliphatic heterocycles. The van der Waals surface area contributed by atoms with Gasteiger partial charge in [-0.1, -0.05) is 30.3 Å². The summed E-state index contributed by atoms with van der Waals surface area (Å²) in [5, 5.41) is 24.2. The van der Waals surface area contributed by atoms with Gasteiger partial charge in [-0.05, 0) is 18.4 Å². The van der Waals surface area contributed by atoms with Gasteiger partial charge in [0.2, 0.25) is 23.6 Å². The van der Waals surface area contributed by atoms with E-state index in [9.17, 15) is 28.8 Å². The average Bonchev–Trinajstić information content (AvgIpc) is 2.74. The number of carbonyl (C=O) groups excluding carboxylic acids is 4. The van der Waals surface area contributed by atoms with Crippen molar-refractivity contribution in [2.45, 2.75) is 43.8 Å². The number of carbonyl (C=O) groups is 6. The topological polar surface area (TPSA) is 231 Å². The Labute approximate surface area is 188 Å². The Hall–Kier alpha value is -4.00. The third kappa shape index (κ3) is 10.7. The molecule has 33 heavy (non-hydrogen) atoms. The summed E-state index contributed by atoms with van der Waals surface area (Å²) in [5.74, 6) is -6.12. The van der Waals surface area contributed by atoms with Gasteiger partial charge in [0.15, 0.2) is 0 Å². The number of rotatable bonds is 14. The standard InChI is InChI=1S/C20H27N5O8/c21-12(8-11-4-2-1-3-5-11)18(30)25-14(9-15(22)26)19(31)23-10-16(27)24-13(20(32)33)6-7-17(28)29/h1-5,12-14H,6-10,21H2,(H2,22,26)(H,23,31)(H,24,27)(H,25,30)(H,28,29)(H,32,33). The van der Waals surface area contributed by atoms with Crippen molar-refractivity contribution in [1.29, 1.82) is 0 Å². The second-order valence-electron chi connectivity index (χ2n) is 7.14. The first-order valence-corrected chi connectivity index (χ1v) is 9.89. The molecular formula is C20H27N5O8. The molecule has 13 heteroatoms. The van der Waals surface area contributed by atoms with E-state index in [1.807, 2.05) is 0 Å². The third-order valence-corrected chi connectivity index (χ3v) is 4.38. The molecule has 0 heterocycles. The quantitative estimate of drug-likeness (QED) is 0.153. The van der Waals surface area contributed by atoms with E-state index in [4.69, 9.17) is 21.7 Å². The molecule has 0 aliphatic rings. The lowest BCUT2D eigenvalue weighted by Crippen LogP contribution is -2.54. The van der Waals surface area contributed by atoms with Crippen LogP contribution in [0.5, 0.6) is 0 Å². The van der Waals surface area contributed by atoms with Crippen LogP contribution < -0.4 is 27.4 Å². The fraction of sp³-hybridized carbons (Fsp3) is 0.400. The number of primary amides is 1. The molecule has 3 unspecified atom stereocenters. The van der Waals surface area contributed by atoms with Crippen LogP contribution in [0.3, 0.4) is 0 Å². The summed E-state index contributed by atoms with van der Waals surface area (Å²) >= 11 is 0. The van der Waals surface area contributed by atoms with Gasteiger partial charge in [-0.25, -0.2) is 4.79 Å². The molecule has 13 nitrogen and oxygen atoms in total. The second-order valence-corrected chi connectivity index (χ2v) is 7.14. The lowest BCUT2D eigenvalue weighted by atomic mass is 10.1. The minimum Gasteiger partial charge on any atom is -0.481 e. The molecule has 0 aliphatic carbocycles. The minimum atomic E-state index is -1.47. The monoisotopic (exact) mass is 465 g/mol. The predicted molar refractivity (Wildman–Crippen MR) is 113 cm³/mol. The van der Waals surface area contributed by atoms with Gasteiger partial charge in [0.1, 0.15) is 12.1 Å². The van der Waals surface area contributed by atoms with Crippen LogP contribution in [0, 0.1) is 0 Å². The third-order valence-electron chi connectivity index (χ3n) is 4.38. The summed E-state index contributed by atoms with van der Waals surface area (Å²) in [5.41, 5.74) is 11.8. The van der Waals surface area contributed by atoms with Gasteiger partial charge >= 0.3 is 11.9 Å². The van der Waals surface area contributed by atoms with Crippen LogP contribution >= 0.6 is 0 Å². The maximum Gasteiger partial charge on any atom is 0.326 e. The van der Waals surface area contributed by atoms with Crippen molar-refractivity contribution in [2.24, 2.45) is 11.5 Å². The van der Waals surface area contributed by atoms with Crippen molar-refractivity contribution in [3.05, 3.63) is 35.9 Å². The van der Waals surface area contributed by atoms with E-state index in [0.29, 0.717) is 0 Å². The first kappa shape index (κ1) is 27.0. The molecule has 9 N–H and O–H groups in total. The molecule has 0 radical (unpaired) electrons. The number of aliphatic carboxylic acids is 2. The van der Waals surface area contributed by atoms with Gasteiger partial charge in [-0.3, -0.25) is 24.0 Å². The Morgan fingerprint density at radius 3 is 2.09 bits per heavy atom. The summed E-state index contributed by atoms with van der Waals surface area (Å²) in [4.78, 5) is 69.7. The first-order chi connectivity index (χ1) is 15.5. The Morgan fingerprint density at radius 1 is 0.909 bits per heavy atom. The van der Waals surface area contributed by atoms with E-state index < -0.39 is 73.1 Å². The van der Waals surface area contributed by atoms with Gasteiger partial charge in [-0.15, -0.1) is 0 Å². The van der Waals surface area contributed by atoms with Gasteiger partial charge in [0, 0.05) is 6.42 Å². The summed E-state index contributed by atoms with van der Waals surface area (Å²) in [6.45, 7) is -0.684. The fourth-order valence-electron chi connectivity index (χ4n) is 2.71. The molecule has 0 fully saturated rings. The second kappa shape index (κ2) is 13.4. The highest BCUT2D eigenvalue weighted by Crippen LogP contribution is 2.03. The molecule has 1 rings (SSSR count). The maximum absolute atomic E-state index is 12.4. The van der Waals surface area contributed by atoms with Crippen molar-refractivity contribution >= 4 is 35.6 Å². The smallest absolute Gasteiger partial charge is 0.326 e. The lowest BCUT2D eigenvalue weighted by Gasteiger charge is -2.20. The molecule has 180 valence electrons. The Bertz CT molecular complexity index is 876. The van der Waals surface area contributed by atoms with Crippen LogP contribution in [0.15, 0.2) is 30.3 Å². The lowest BCUT2D eigenvalue weighted by molar-refractivity contribution is -0.143. The van der Waals surface area contributed by atoms with Crippen LogP contribution in [0.4, 0.5) is 0 Å². The summed E-state index contributed by atoms with van der Waals surface area (Å²) < 4.78 is 0. The zero-order valence-corrected chi connectivity index (χ0v) is 17.7. The Kier molecular flexibility index (Phi) is 11.0. The fourth-order valence-corrected chi connectivity index (χ4v) is 2.71. The molecule has 3 atom stereocenters. The van der Waals surface area contributed by atoms with Crippen molar-refractivity contribution in [1.82, 2.24) is 16.0 Å². The normalized spacial score (nSPS) is 13.1. The van der Waals surface area contributed by atoms with Crippen molar-refractivity contribution < 1.29 is 39.0 Å². The summed E-state index contributed by atoms with van der Waals surface area (Å²) in [7, 11) is 0. The maximum atomic E-state index is 12.4. The SMILES string of the molecule is NC(=O)CC(NC(=O)C(N)Cc1ccccc1)C(=O)NCC(=O)NC(CCC(=O)O)C(=O)O. The zero-order chi connectivity index (χ0) is 25.0. The summed E-state index contributed by atoms with van der Waals surface area (Å²) in [6.07, 6.45) is -1.23. The number of amides is 4.